The van der Waals surface area contributed by atoms with Gasteiger partial charge < -0.3 is 29.9 Å². The van der Waals surface area contributed by atoms with E-state index >= 15 is 0 Å². The van der Waals surface area contributed by atoms with Gasteiger partial charge in [-0.2, -0.15) is 0 Å². The summed E-state index contributed by atoms with van der Waals surface area (Å²) in [6, 6.07) is 8.66. The van der Waals surface area contributed by atoms with E-state index in [1.54, 1.807) is 0 Å². The van der Waals surface area contributed by atoms with Crippen LogP contribution in [-0.4, -0.2) is 83.2 Å². The Morgan fingerprint density at radius 3 is 1.25 bits per heavy atom. The highest BCUT2D eigenvalue weighted by Gasteiger charge is 2.22. The molecule has 2 aromatic carbocycles. The Morgan fingerprint density at radius 1 is 0.611 bits per heavy atom. The van der Waals surface area contributed by atoms with Crippen LogP contribution in [0.5, 0.6) is 0 Å². The molecule has 2 unspecified atom stereocenters. The molecule has 0 heterocycles. The molecule has 0 saturated heterocycles. The molecule has 2 aromatic rings. The molecule has 0 amide bonds. The van der Waals surface area contributed by atoms with E-state index in [9.17, 15) is 10.2 Å². The van der Waals surface area contributed by atoms with Gasteiger partial charge in [-0.15, -0.1) is 0 Å². The summed E-state index contributed by atoms with van der Waals surface area (Å²) in [4.78, 5) is 2.30. The van der Waals surface area contributed by atoms with Gasteiger partial charge in [0.2, 0.25) is 0 Å². The first-order valence-corrected chi connectivity index (χ1v) is 12.7. The zero-order chi connectivity index (χ0) is 26.8. The summed E-state index contributed by atoms with van der Waals surface area (Å²) < 4.78 is 11.6. The van der Waals surface area contributed by atoms with Gasteiger partial charge in [0.15, 0.2) is 0 Å². The molecule has 0 radical (unpaired) electrons. The van der Waals surface area contributed by atoms with Crippen molar-refractivity contribution in [1.29, 1.82) is 0 Å². The topological polar surface area (TPSA) is 103 Å². The van der Waals surface area contributed by atoms with Gasteiger partial charge in [-0.1, -0.05) is 24.3 Å². The average Bonchev–Trinajstić information content (AvgIpc) is 2.84. The zero-order valence-corrected chi connectivity index (χ0v) is 22.8. The Hall–Kier alpha value is -1.84. The van der Waals surface area contributed by atoms with E-state index in [0.717, 1.165) is 0 Å². The number of benzene rings is 2. The fraction of sp³-hybridized carbons (Fsp3) is 0.586. The highest BCUT2D eigenvalue weighted by Crippen LogP contribution is 2.22. The highest BCUT2D eigenvalue weighted by molar-refractivity contribution is 5.38. The van der Waals surface area contributed by atoms with E-state index in [2.05, 4.69) is 70.7 Å². The number of ether oxygens (including phenoxy) is 2. The molecule has 0 spiro atoms. The molecule has 0 aliphatic rings. The maximum absolute atomic E-state index is 9.75. The molecule has 0 aromatic heterocycles. The van der Waals surface area contributed by atoms with Crippen molar-refractivity contribution in [2.45, 2.75) is 72.9 Å². The minimum Gasteiger partial charge on any atom is -0.394 e. The Balaban J connectivity index is 2.36. The monoisotopic (exact) mass is 503 g/mol. The molecule has 0 aliphatic carbocycles. The number of aliphatic hydroxyl groups is 4. The van der Waals surface area contributed by atoms with Crippen LogP contribution >= 0.6 is 0 Å². The number of aliphatic hydroxyl groups excluding tert-OH is 4. The van der Waals surface area contributed by atoms with Crippen LogP contribution in [0, 0.1) is 41.5 Å². The predicted octanol–water partition coefficient (Wildman–Crippen LogP) is 2.65. The summed E-state index contributed by atoms with van der Waals surface area (Å²) >= 11 is 0. The second-order valence-electron chi connectivity index (χ2n) is 10.0. The van der Waals surface area contributed by atoms with E-state index in [-0.39, 0.29) is 45.7 Å². The summed E-state index contributed by atoms with van der Waals surface area (Å²) in [6.45, 7) is 14.0. The first kappa shape index (κ1) is 30.4. The van der Waals surface area contributed by atoms with E-state index in [0.29, 0.717) is 13.1 Å². The third-order valence-electron chi connectivity index (χ3n) is 6.92. The summed E-state index contributed by atoms with van der Waals surface area (Å²) in [5, 5.41) is 37.8. The molecule has 7 nitrogen and oxygen atoms in total. The van der Waals surface area contributed by atoms with Crippen LogP contribution in [0.2, 0.25) is 0 Å². The molecule has 202 valence electrons. The van der Waals surface area contributed by atoms with Crippen LogP contribution in [-0.2, 0) is 22.6 Å². The van der Waals surface area contributed by atoms with Crippen molar-refractivity contribution in [3.63, 3.8) is 0 Å². The van der Waals surface area contributed by atoms with E-state index < -0.39 is 12.2 Å². The minimum atomic E-state index is -0.943. The molecule has 36 heavy (non-hydrogen) atoms. The predicted molar refractivity (Wildman–Crippen MR) is 142 cm³/mol. The Bertz CT molecular complexity index is 841. The molecule has 0 aliphatic heterocycles. The summed E-state index contributed by atoms with van der Waals surface area (Å²) in [5.41, 5.74) is 9.92. The van der Waals surface area contributed by atoms with Crippen LogP contribution in [0.25, 0.3) is 0 Å². The second-order valence-corrected chi connectivity index (χ2v) is 10.0. The van der Waals surface area contributed by atoms with Gasteiger partial charge in [-0.3, -0.25) is 4.90 Å². The maximum atomic E-state index is 9.75. The second kappa shape index (κ2) is 14.8. The largest absolute Gasteiger partial charge is 0.394 e. The van der Waals surface area contributed by atoms with Gasteiger partial charge in [-0.05, 0) is 86.1 Å². The fourth-order valence-corrected chi connectivity index (χ4v) is 4.26. The molecule has 2 rings (SSSR count). The van der Waals surface area contributed by atoms with Crippen molar-refractivity contribution in [2.24, 2.45) is 0 Å². The maximum Gasteiger partial charge on any atom is 0.100 e. The Kier molecular flexibility index (Phi) is 12.5. The average molecular weight is 504 g/mol. The molecular weight excluding hydrogens is 458 g/mol. The third-order valence-corrected chi connectivity index (χ3v) is 6.92. The molecule has 2 atom stereocenters. The third kappa shape index (κ3) is 9.23. The first-order chi connectivity index (χ1) is 17.0. The van der Waals surface area contributed by atoms with Crippen molar-refractivity contribution < 1.29 is 29.9 Å². The van der Waals surface area contributed by atoms with Crippen LogP contribution < -0.4 is 0 Å². The lowest BCUT2D eigenvalue weighted by Crippen LogP contribution is -2.42. The summed E-state index contributed by atoms with van der Waals surface area (Å²) in [6.07, 6.45) is -1.89. The van der Waals surface area contributed by atoms with Crippen molar-refractivity contribution in [3.05, 3.63) is 68.8 Å². The first-order valence-electron chi connectivity index (χ1n) is 12.7. The number of hydrogen-bond acceptors (Lipinski definition) is 7. The highest BCUT2D eigenvalue weighted by atomic mass is 16.5. The van der Waals surface area contributed by atoms with Crippen LogP contribution in [0.3, 0.4) is 0 Å². The van der Waals surface area contributed by atoms with Gasteiger partial charge in [0, 0.05) is 13.1 Å². The normalized spacial score (nSPS) is 14.3. The lowest BCUT2D eigenvalue weighted by molar-refractivity contribution is -0.0517. The smallest absolute Gasteiger partial charge is 0.100 e. The molecule has 0 saturated carbocycles. The molecule has 7 heteroatoms. The van der Waals surface area contributed by atoms with Crippen LogP contribution in [0.1, 0.15) is 44.5 Å². The van der Waals surface area contributed by atoms with E-state index in [1.807, 2.05) is 0 Å². The quantitative estimate of drug-likeness (QED) is 0.296. The Labute approximate surface area is 216 Å². The van der Waals surface area contributed by atoms with Gasteiger partial charge in [0.1, 0.15) is 12.2 Å². The fourth-order valence-electron chi connectivity index (χ4n) is 4.26. The van der Waals surface area contributed by atoms with Crippen molar-refractivity contribution in [2.75, 3.05) is 39.6 Å². The molecule has 4 N–H and O–H groups in total. The number of hydrogen-bond donors (Lipinski definition) is 4. The minimum absolute atomic E-state index is 0.0194. The van der Waals surface area contributed by atoms with Crippen molar-refractivity contribution in [3.8, 4) is 0 Å². The van der Waals surface area contributed by atoms with Crippen molar-refractivity contribution in [1.82, 2.24) is 4.90 Å². The van der Waals surface area contributed by atoms with Gasteiger partial charge in [0.25, 0.3) is 0 Å². The van der Waals surface area contributed by atoms with E-state index in [1.165, 1.54) is 44.5 Å². The SMILES string of the molecule is Cc1cc(CN(Cc2cc(C)c(C)c(C)c2)C(COCC(O)CO)COCC(O)CO)cc(C)c1C. The van der Waals surface area contributed by atoms with Crippen LogP contribution in [0.4, 0.5) is 0 Å². The molecule has 0 fully saturated rings. The van der Waals surface area contributed by atoms with Crippen LogP contribution in [0.15, 0.2) is 24.3 Å². The zero-order valence-electron chi connectivity index (χ0n) is 22.8. The number of aryl methyl sites for hydroxylation is 4. The van der Waals surface area contributed by atoms with Gasteiger partial charge in [0.05, 0.1) is 45.7 Å². The Morgan fingerprint density at radius 2 is 0.944 bits per heavy atom. The summed E-state index contributed by atoms with van der Waals surface area (Å²) in [5.74, 6) is 0. The lowest BCUT2D eigenvalue weighted by atomic mass is 9.98. The summed E-state index contributed by atoms with van der Waals surface area (Å²) in [7, 11) is 0. The number of nitrogens with zero attached hydrogens (tertiary/aromatic N) is 1. The van der Waals surface area contributed by atoms with Gasteiger partial charge >= 0.3 is 0 Å². The molecular formula is C29H45NO6. The lowest BCUT2D eigenvalue weighted by Gasteiger charge is -2.33. The number of rotatable bonds is 15. The standard InChI is InChI=1S/C29H45NO6/c1-19-7-25(8-20(2)23(19)5)11-30(12-26-9-21(3)24(6)22(4)10-26)27(15-35-17-28(33)13-31)16-36-18-29(34)14-32/h7-10,27-29,31-34H,11-18H2,1-6H3. The molecule has 0 bridgehead atoms. The van der Waals surface area contributed by atoms with E-state index in [4.69, 9.17) is 19.7 Å². The van der Waals surface area contributed by atoms with Crippen molar-refractivity contribution >= 4 is 0 Å². The van der Waals surface area contributed by atoms with Gasteiger partial charge in [-0.25, -0.2) is 0 Å².